The van der Waals surface area contributed by atoms with E-state index in [1.807, 2.05) is 0 Å². The van der Waals surface area contributed by atoms with Crippen molar-refractivity contribution < 1.29 is 23.5 Å². The second kappa shape index (κ2) is 5.66. The lowest BCUT2D eigenvalue weighted by Crippen LogP contribution is -2.24. The normalized spacial score (nSPS) is 13.2. The van der Waals surface area contributed by atoms with Crippen LogP contribution in [-0.4, -0.2) is 33.3 Å². The SMILES string of the molecule is CC(C)(C)OC(=O)c1coc(-c2coc(C(N)CO)n2)n1. The van der Waals surface area contributed by atoms with E-state index in [4.69, 9.17) is 24.4 Å². The summed E-state index contributed by atoms with van der Waals surface area (Å²) < 4.78 is 15.5. The second-order valence-corrected chi connectivity index (χ2v) is 5.40. The number of aliphatic hydroxyl groups is 1. The number of hydrogen-bond acceptors (Lipinski definition) is 8. The predicted octanol–water partition coefficient (Wildman–Crippen LogP) is 1.28. The number of carbonyl (C=O) groups is 1. The highest BCUT2D eigenvalue weighted by atomic mass is 16.6. The number of hydrogen-bond donors (Lipinski definition) is 2. The first kappa shape index (κ1) is 15.2. The number of aliphatic hydroxyl groups excluding tert-OH is 1. The van der Waals surface area contributed by atoms with Crippen molar-refractivity contribution in [2.75, 3.05) is 6.61 Å². The fourth-order valence-corrected chi connectivity index (χ4v) is 1.45. The van der Waals surface area contributed by atoms with Crippen molar-refractivity contribution in [2.45, 2.75) is 32.4 Å². The monoisotopic (exact) mass is 295 g/mol. The van der Waals surface area contributed by atoms with Gasteiger partial charge in [0.1, 0.15) is 24.2 Å². The molecule has 8 heteroatoms. The van der Waals surface area contributed by atoms with Crippen molar-refractivity contribution in [2.24, 2.45) is 5.73 Å². The average Bonchev–Trinajstić information content (AvgIpc) is 3.04. The van der Waals surface area contributed by atoms with Crippen LogP contribution in [0.2, 0.25) is 0 Å². The van der Waals surface area contributed by atoms with Gasteiger partial charge in [-0.05, 0) is 20.8 Å². The molecule has 0 amide bonds. The molecule has 0 aliphatic carbocycles. The molecule has 8 nitrogen and oxygen atoms in total. The van der Waals surface area contributed by atoms with Crippen LogP contribution in [0.3, 0.4) is 0 Å². The van der Waals surface area contributed by atoms with Crippen LogP contribution in [0.4, 0.5) is 0 Å². The summed E-state index contributed by atoms with van der Waals surface area (Å²) in [4.78, 5) is 19.9. The van der Waals surface area contributed by atoms with Gasteiger partial charge in [-0.15, -0.1) is 0 Å². The Balaban J connectivity index is 2.16. The fraction of sp³-hybridized carbons (Fsp3) is 0.462. The Hall–Kier alpha value is -2.19. The number of nitrogens with zero attached hydrogens (tertiary/aromatic N) is 2. The van der Waals surface area contributed by atoms with Crippen LogP contribution >= 0.6 is 0 Å². The number of aromatic nitrogens is 2. The van der Waals surface area contributed by atoms with E-state index in [9.17, 15) is 4.79 Å². The fourth-order valence-electron chi connectivity index (χ4n) is 1.45. The lowest BCUT2D eigenvalue weighted by atomic mass is 10.2. The van der Waals surface area contributed by atoms with Crippen LogP contribution in [0, 0.1) is 0 Å². The molecule has 0 fully saturated rings. The lowest BCUT2D eigenvalue weighted by Gasteiger charge is -2.18. The summed E-state index contributed by atoms with van der Waals surface area (Å²) in [5, 5.41) is 8.93. The molecule has 0 saturated heterocycles. The predicted molar refractivity (Wildman–Crippen MR) is 71.2 cm³/mol. The zero-order chi connectivity index (χ0) is 15.6. The largest absolute Gasteiger partial charge is 0.455 e. The van der Waals surface area contributed by atoms with Crippen molar-refractivity contribution >= 4 is 5.97 Å². The van der Waals surface area contributed by atoms with E-state index in [0.717, 1.165) is 0 Å². The quantitative estimate of drug-likeness (QED) is 0.808. The van der Waals surface area contributed by atoms with Gasteiger partial charge in [-0.2, -0.15) is 0 Å². The smallest absolute Gasteiger partial charge is 0.360 e. The van der Waals surface area contributed by atoms with Crippen molar-refractivity contribution in [1.82, 2.24) is 9.97 Å². The summed E-state index contributed by atoms with van der Waals surface area (Å²) in [5.74, 6) is -0.325. The highest BCUT2D eigenvalue weighted by molar-refractivity contribution is 5.87. The zero-order valence-electron chi connectivity index (χ0n) is 12.0. The molecule has 0 spiro atoms. The van der Waals surface area contributed by atoms with E-state index in [-0.39, 0.29) is 29.8 Å². The number of oxazole rings is 2. The topological polar surface area (TPSA) is 125 Å². The summed E-state index contributed by atoms with van der Waals surface area (Å²) in [7, 11) is 0. The van der Waals surface area contributed by atoms with Crippen LogP contribution in [-0.2, 0) is 4.74 Å². The molecule has 2 heterocycles. The molecule has 0 radical (unpaired) electrons. The summed E-state index contributed by atoms with van der Waals surface area (Å²) in [6.07, 6.45) is 2.47. The molecular weight excluding hydrogens is 278 g/mol. The van der Waals surface area contributed by atoms with Crippen LogP contribution in [0.5, 0.6) is 0 Å². The van der Waals surface area contributed by atoms with E-state index in [2.05, 4.69) is 9.97 Å². The van der Waals surface area contributed by atoms with Gasteiger partial charge >= 0.3 is 5.97 Å². The Labute approximate surface area is 120 Å². The molecule has 0 aromatic carbocycles. The first-order valence-electron chi connectivity index (χ1n) is 6.31. The first-order valence-corrected chi connectivity index (χ1v) is 6.31. The molecule has 114 valence electrons. The van der Waals surface area contributed by atoms with Gasteiger partial charge < -0.3 is 24.4 Å². The van der Waals surface area contributed by atoms with Gasteiger partial charge in [0.2, 0.25) is 11.8 Å². The van der Waals surface area contributed by atoms with Crippen LogP contribution < -0.4 is 5.73 Å². The summed E-state index contributed by atoms with van der Waals surface area (Å²) in [6.45, 7) is 4.97. The number of esters is 1. The van der Waals surface area contributed by atoms with E-state index in [1.165, 1.54) is 12.5 Å². The van der Waals surface area contributed by atoms with Crippen LogP contribution in [0.25, 0.3) is 11.6 Å². The second-order valence-electron chi connectivity index (χ2n) is 5.40. The van der Waals surface area contributed by atoms with Gasteiger partial charge in [0.15, 0.2) is 11.4 Å². The molecule has 2 rings (SSSR count). The molecule has 2 aromatic rings. The van der Waals surface area contributed by atoms with E-state index in [1.54, 1.807) is 20.8 Å². The number of ether oxygens (including phenoxy) is 1. The number of rotatable bonds is 4. The molecule has 0 aliphatic rings. The van der Waals surface area contributed by atoms with Gasteiger partial charge in [-0.1, -0.05) is 0 Å². The molecule has 0 bridgehead atoms. The van der Waals surface area contributed by atoms with Crippen LogP contribution in [0.1, 0.15) is 43.2 Å². The Morgan fingerprint density at radius 2 is 2.10 bits per heavy atom. The summed E-state index contributed by atoms with van der Waals surface area (Å²) in [6, 6.07) is -0.723. The van der Waals surface area contributed by atoms with Gasteiger partial charge in [0, 0.05) is 0 Å². The van der Waals surface area contributed by atoms with E-state index >= 15 is 0 Å². The molecule has 2 aromatic heterocycles. The molecule has 3 N–H and O–H groups in total. The molecule has 0 saturated carbocycles. The minimum absolute atomic E-state index is 0.0379. The number of carbonyl (C=O) groups excluding carboxylic acids is 1. The van der Waals surface area contributed by atoms with Crippen molar-refractivity contribution in [1.29, 1.82) is 0 Å². The average molecular weight is 295 g/mol. The maximum absolute atomic E-state index is 11.8. The van der Waals surface area contributed by atoms with E-state index < -0.39 is 17.6 Å². The van der Waals surface area contributed by atoms with Gasteiger partial charge in [-0.3, -0.25) is 0 Å². The Morgan fingerprint density at radius 3 is 2.71 bits per heavy atom. The molecular formula is C13H17N3O5. The number of nitrogens with two attached hydrogens (primary N) is 1. The van der Waals surface area contributed by atoms with Crippen molar-refractivity contribution in [3.05, 3.63) is 24.1 Å². The minimum Gasteiger partial charge on any atom is -0.455 e. The van der Waals surface area contributed by atoms with Crippen molar-refractivity contribution in [3.8, 4) is 11.6 Å². The van der Waals surface area contributed by atoms with E-state index in [0.29, 0.717) is 0 Å². The molecule has 21 heavy (non-hydrogen) atoms. The lowest BCUT2D eigenvalue weighted by molar-refractivity contribution is 0.00628. The zero-order valence-corrected chi connectivity index (χ0v) is 12.0. The van der Waals surface area contributed by atoms with Gasteiger partial charge in [-0.25, -0.2) is 14.8 Å². The summed E-state index contributed by atoms with van der Waals surface area (Å²) >= 11 is 0. The third-order valence-electron chi connectivity index (χ3n) is 2.37. The third-order valence-corrected chi connectivity index (χ3v) is 2.37. The molecule has 1 unspecified atom stereocenters. The maximum atomic E-state index is 11.8. The summed E-state index contributed by atoms with van der Waals surface area (Å²) in [5.41, 5.74) is 5.28. The highest BCUT2D eigenvalue weighted by Crippen LogP contribution is 2.21. The molecule has 0 aliphatic heterocycles. The maximum Gasteiger partial charge on any atom is 0.360 e. The minimum atomic E-state index is -0.723. The standard InChI is InChI=1S/C13H17N3O5/c1-13(2,3)21-12(18)9-6-20-11(16-9)8-5-19-10(15-8)7(14)4-17/h5-7,17H,4,14H2,1-3H3. The third kappa shape index (κ3) is 3.67. The van der Waals surface area contributed by atoms with Gasteiger partial charge in [0.05, 0.1) is 6.61 Å². The van der Waals surface area contributed by atoms with Crippen LogP contribution in [0.15, 0.2) is 21.4 Å². The Kier molecular flexibility index (Phi) is 4.10. The molecule has 1 atom stereocenters. The Morgan fingerprint density at radius 1 is 1.38 bits per heavy atom. The highest BCUT2D eigenvalue weighted by Gasteiger charge is 2.22. The van der Waals surface area contributed by atoms with Crippen molar-refractivity contribution in [3.63, 3.8) is 0 Å². The first-order chi connectivity index (χ1) is 9.80. The van der Waals surface area contributed by atoms with Gasteiger partial charge in [0.25, 0.3) is 0 Å². The Bertz CT molecular complexity index is 626.